The number of nitrogens with zero attached hydrogens (tertiary/aromatic N) is 2. The molecule has 0 saturated carbocycles. The molecule has 2 rings (SSSR count). The zero-order chi connectivity index (χ0) is 12.4. The van der Waals surface area contributed by atoms with E-state index in [4.69, 9.17) is 0 Å². The van der Waals surface area contributed by atoms with E-state index >= 15 is 0 Å². The average molecular weight is 235 g/mol. The summed E-state index contributed by atoms with van der Waals surface area (Å²) in [5.74, 6) is 0. The predicted octanol–water partition coefficient (Wildman–Crippen LogP) is 1.70. The average Bonchev–Trinajstić information content (AvgIpc) is 2.80. The van der Waals surface area contributed by atoms with Crippen LogP contribution in [0.5, 0.6) is 0 Å². The van der Waals surface area contributed by atoms with Crippen molar-refractivity contribution in [2.75, 3.05) is 25.0 Å². The molecular weight excluding hydrogens is 218 g/mol. The third kappa shape index (κ3) is 2.39. The molecule has 5 heteroatoms. The normalized spacial score (nSPS) is 19.3. The molecule has 5 nitrogen and oxygen atoms in total. The molecule has 1 heterocycles. The van der Waals surface area contributed by atoms with Gasteiger partial charge in [0, 0.05) is 25.7 Å². The van der Waals surface area contributed by atoms with E-state index < -0.39 is 0 Å². The topological polar surface area (TPSA) is 58.4 Å². The van der Waals surface area contributed by atoms with Crippen LogP contribution in [-0.2, 0) is 0 Å². The van der Waals surface area contributed by atoms with Gasteiger partial charge < -0.3 is 10.2 Å². The lowest BCUT2D eigenvalue weighted by atomic mass is 10.1. The second-order valence-electron chi connectivity index (χ2n) is 4.51. The van der Waals surface area contributed by atoms with Gasteiger partial charge in [-0.2, -0.15) is 0 Å². The van der Waals surface area contributed by atoms with Crippen molar-refractivity contribution in [1.82, 2.24) is 5.32 Å². The van der Waals surface area contributed by atoms with Crippen LogP contribution in [0.4, 0.5) is 11.4 Å². The van der Waals surface area contributed by atoms with E-state index in [2.05, 4.69) is 5.32 Å². The number of likely N-dealkylation sites (N-methyl/N-ethyl adjacent to an activating group) is 1. The van der Waals surface area contributed by atoms with E-state index in [1.807, 2.05) is 24.9 Å². The van der Waals surface area contributed by atoms with Gasteiger partial charge in [-0.25, -0.2) is 0 Å². The first-order valence-electron chi connectivity index (χ1n) is 5.78. The molecule has 1 atom stereocenters. The molecule has 1 aliphatic rings. The van der Waals surface area contributed by atoms with Gasteiger partial charge in [-0.15, -0.1) is 0 Å². The van der Waals surface area contributed by atoms with E-state index in [1.54, 1.807) is 12.1 Å². The quantitative estimate of drug-likeness (QED) is 0.640. The Labute approximate surface area is 101 Å². The van der Waals surface area contributed by atoms with E-state index in [1.165, 1.54) is 0 Å². The number of hydrogen-bond donors (Lipinski definition) is 1. The summed E-state index contributed by atoms with van der Waals surface area (Å²) in [6, 6.07) is 5.60. The van der Waals surface area contributed by atoms with Crippen molar-refractivity contribution in [2.24, 2.45) is 0 Å². The largest absolute Gasteiger partial charge is 0.365 e. The highest BCUT2D eigenvalue weighted by molar-refractivity contribution is 5.64. The fourth-order valence-electron chi connectivity index (χ4n) is 2.24. The van der Waals surface area contributed by atoms with Gasteiger partial charge in [0.25, 0.3) is 5.69 Å². The van der Waals surface area contributed by atoms with Crippen LogP contribution in [0.15, 0.2) is 18.2 Å². The van der Waals surface area contributed by atoms with Crippen molar-refractivity contribution in [3.63, 3.8) is 0 Å². The minimum atomic E-state index is -0.312. The number of nitro groups is 1. The van der Waals surface area contributed by atoms with Crippen LogP contribution in [0, 0.1) is 17.0 Å². The molecule has 1 N–H and O–H groups in total. The van der Waals surface area contributed by atoms with Crippen LogP contribution in [0.25, 0.3) is 0 Å². The van der Waals surface area contributed by atoms with E-state index in [9.17, 15) is 10.1 Å². The minimum Gasteiger partial charge on any atom is -0.365 e. The Hall–Kier alpha value is -1.62. The molecule has 0 bridgehead atoms. The fraction of sp³-hybridized carbons (Fsp3) is 0.500. The van der Waals surface area contributed by atoms with E-state index in [0.29, 0.717) is 11.7 Å². The number of anilines is 1. The summed E-state index contributed by atoms with van der Waals surface area (Å²) < 4.78 is 0. The summed E-state index contributed by atoms with van der Waals surface area (Å²) in [6.45, 7) is 3.82. The van der Waals surface area contributed by atoms with Gasteiger partial charge in [0.2, 0.25) is 0 Å². The first-order valence-corrected chi connectivity index (χ1v) is 5.78. The smallest absolute Gasteiger partial charge is 0.292 e. The van der Waals surface area contributed by atoms with Crippen LogP contribution >= 0.6 is 0 Å². The highest BCUT2D eigenvalue weighted by Gasteiger charge is 2.24. The summed E-state index contributed by atoms with van der Waals surface area (Å²) in [7, 11) is 1.93. The Bertz CT molecular complexity index is 428. The van der Waals surface area contributed by atoms with Gasteiger partial charge >= 0.3 is 0 Å². The summed E-state index contributed by atoms with van der Waals surface area (Å²) in [4.78, 5) is 12.7. The summed E-state index contributed by atoms with van der Waals surface area (Å²) >= 11 is 0. The Morgan fingerprint density at radius 2 is 2.29 bits per heavy atom. The highest BCUT2D eigenvalue weighted by atomic mass is 16.6. The maximum absolute atomic E-state index is 11.0. The minimum absolute atomic E-state index is 0.185. The second kappa shape index (κ2) is 4.71. The highest BCUT2D eigenvalue weighted by Crippen LogP contribution is 2.30. The van der Waals surface area contributed by atoms with Gasteiger partial charge in [-0.1, -0.05) is 6.07 Å². The van der Waals surface area contributed by atoms with E-state index in [-0.39, 0.29) is 10.6 Å². The molecule has 1 aromatic carbocycles. The van der Waals surface area contributed by atoms with Crippen LogP contribution in [0.1, 0.15) is 12.0 Å². The van der Waals surface area contributed by atoms with Crippen LogP contribution in [0.2, 0.25) is 0 Å². The predicted molar refractivity (Wildman–Crippen MR) is 67.5 cm³/mol. The molecular formula is C12H17N3O2. The molecule has 1 aromatic rings. The maximum atomic E-state index is 11.0. The number of aryl methyl sites for hydroxylation is 1. The van der Waals surface area contributed by atoms with Crippen molar-refractivity contribution in [3.8, 4) is 0 Å². The fourth-order valence-corrected chi connectivity index (χ4v) is 2.24. The molecule has 0 aliphatic carbocycles. The van der Waals surface area contributed by atoms with Crippen LogP contribution in [-0.4, -0.2) is 31.1 Å². The number of nitro benzene ring substituents is 1. The molecule has 1 aliphatic heterocycles. The molecule has 0 radical (unpaired) electrons. The van der Waals surface area contributed by atoms with Crippen molar-refractivity contribution in [3.05, 3.63) is 33.9 Å². The van der Waals surface area contributed by atoms with Crippen molar-refractivity contribution >= 4 is 11.4 Å². The van der Waals surface area contributed by atoms with E-state index in [0.717, 1.165) is 25.1 Å². The Balaban J connectivity index is 2.34. The van der Waals surface area contributed by atoms with Crippen molar-refractivity contribution < 1.29 is 4.92 Å². The van der Waals surface area contributed by atoms with Gasteiger partial charge in [0.1, 0.15) is 5.69 Å². The molecule has 0 spiro atoms. The SMILES string of the molecule is Cc1ccc([N+](=O)[O-])c(N(C)C2CCNC2)c1. The zero-order valence-corrected chi connectivity index (χ0v) is 10.1. The summed E-state index contributed by atoms with van der Waals surface area (Å²) in [5.41, 5.74) is 1.94. The zero-order valence-electron chi connectivity index (χ0n) is 10.1. The van der Waals surface area contributed by atoms with Crippen LogP contribution in [0.3, 0.4) is 0 Å². The van der Waals surface area contributed by atoms with Crippen LogP contribution < -0.4 is 10.2 Å². The number of benzene rings is 1. The lowest BCUT2D eigenvalue weighted by Crippen LogP contribution is -2.33. The molecule has 1 saturated heterocycles. The Kier molecular flexibility index (Phi) is 3.28. The van der Waals surface area contributed by atoms with Gasteiger partial charge in [-0.05, 0) is 31.5 Å². The maximum Gasteiger partial charge on any atom is 0.292 e. The molecule has 1 unspecified atom stereocenters. The Morgan fingerprint density at radius 3 is 2.88 bits per heavy atom. The first-order chi connectivity index (χ1) is 8.09. The second-order valence-corrected chi connectivity index (χ2v) is 4.51. The third-order valence-corrected chi connectivity index (χ3v) is 3.29. The lowest BCUT2D eigenvalue weighted by Gasteiger charge is -2.25. The van der Waals surface area contributed by atoms with Crippen molar-refractivity contribution in [1.29, 1.82) is 0 Å². The molecule has 0 amide bonds. The summed E-state index contributed by atoms with van der Waals surface area (Å²) in [5, 5.41) is 14.3. The summed E-state index contributed by atoms with van der Waals surface area (Å²) in [6.07, 6.45) is 1.03. The third-order valence-electron chi connectivity index (χ3n) is 3.29. The monoisotopic (exact) mass is 235 g/mol. The number of nitrogens with one attached hydrogen (secondary N) is 1. The Morgan fingerprint density at radius 1 is 1.53 bits per heavy atom. The van der Waals surface area contributed by atoms with Crippen molar-refractivity contribution in [2.45, 2.75) is 19.4 Å². The van der Waals surface area contributed by atoms with Gasteiger partial charge in [0.15, 0.2) is 0 Å². The lowest BCUT2D eigenvalue weighted by molar-refractivity contribution is -0.384. The number of hydrogen-bond acceptors (Lipinski definition) is 4. The standard InChI is InChI=1S/C12H17N3O2/c1-9-3-4-11(15(16)17)12(7-9)14(2)10-5-6-13-8-10/h3-4,7,10,13H,5-6,8H2,1-2H3. The molecule has 0 aromatic heterocycles. The molecule has 1 fully saturated rings. The number of rotatable bonds is 3. The molecule has 92 valence electrons. The van der Waals surface area contributed by atoms with Gasteiger partial charge in [0.05, 0.1) is 4.92 Å². The van der Waals surface area contributed by atoms with Gasteiger partial charge in [-0.3, -0.25) is 10.1 Å². The molecule has 17 heavy (non-hydrogen) atoms. The first kappa shape index (κ1) is 11.9.